The van der Waals surface area contributed by atoms with Gasteiger partial charge in [-0.2, -0.15) is 0 Å². The zero-order valence-electron chi connectivity index (χ0n) is 18.5. The summed E-state index contributed by atoms with van der Waals surface area (Å²) in [5.41, 5.74) is 1.43. The molecule has 0 amide bonds. The second kappa shape index (κ2) is 11.8. The minimum atomic E-state index is -1.56. The topological polar surface area (TPSA) is 155 Å². The van der Waals surface area contributed by atoms with Gasteiger partial charge in [0, 0.05) is 6.08 Å². The number of hydrogen-bond donors (Lipinski definition) is 5. The molecule has 3 rings (SSSR count). The van der Waals surface area contributed by atoms with Crippen molar-refractivity contribution >= 4 is 12.0 Å². The van der Waals surface area contributed by atoms with Crippen LogP contribution in [0.15, 0.2) is 48.5 Å². The second-order valence-electron chi connectivity index (χ2n) is 7.66. The number of esters is 1. The van der Waals surface area contributed by atoms with E-state index in [9.17, 15) is 30.3 Å². The van der Waals surface area contributed by atoms with Gasteiger partial charge in [0.05, 0.1) is 20.3 Å². The molecule has 0 aliphatic carbocycles. The Hall–Kier alpha value is -3.15. The lowest BCUT2D eigenvalue weighted by molar-refractivity contribution is -0.302. The highest BCUT2D eigenvalue weighted by molar-refractivity contribution is 5.87. The van der Waals surface area contributed by atoms with Gasteiger partial charge in [-0.25, -0.2) is 4.79 Å². The molecule has 2 aromatic carbocycles. The van der Waals surface area contributed by atoms with Crippen LogP contribution in [0.5, 0.6) is 17.2 Å². The van der Waals surface area contributed by atoms with E-state index >= 15 is 0 Å². The summed E-state index contributed by atoms with van der Waals surface area (Å²) in [5.74, 6) is -0.518. The van der Waals surface area contributed by atoms with Gasteiger partial charge in [-0.3, -0.25) is 0 Å². The van der Waals surface area contributed by atoms with Crippen molar-refractivity contribution in [3.05, 3.63) is 59.7 Å². The number of aromatic hydroxyl groups is 2. The number of rotatable bonds is 9. The number of ether oxygens (including phenoxy) is 4. The summed E-state index contributed by atoms with van der Waals surface area (Å²) in [6.07, 6.45) is -3.80. The smallest absolute Gasteiger partial charge is 0.331 e. The van der Waals surface area contributed by atoms with Crippen LogP contribution in [-0.2, 0) is 25.4 Å². The minimum absolute atomic E-state index is 0.0516. The van der Waals surface area contributed by atoms with Crippen LogP contribution in [-0.4, -0.2) is 82.5 Å². The second-order valence-corrected chi connectivity index (χ2v) is 7.66. The standard InChI is InChI=1S/C24H28O10/c1-31-18-12-15(4-8-17(18)27)5-9-20(28)34-23-19(13-25)33-24(22(30)21(23)29)32-11-10-14-2-6-16(26)7-3-14/h2-9,12,19,21-27,29-30H,10-11,13H2,1H3/t19-,21+,22-,23+,24-/m1/s1. The van der Waals surface area contributed by atoms with Crippen molar-refractivity contribution < 1.29 is 49.3 Å². The fourth-order valence-corrected chi connectivity index (χ4v) is 3.43. The predicted octanol–water partition coefficient (Wildman–Crippen LogP) is 0.730. The summed E-state index contributed by atoms with van der Waals surface area (Å²) in [5, 5.41) is 49.5. The number of aliphatic hydroxyl groups is 3. The summed E-state index contributed by atoms with van der Waals surface area (Å²) < 4.78 is 21.3. The first-order valence-electron chi connectivity index (χ1n) is 10.6. The van der Waals surface area contributed by atoms with Gasteiger partial charge in [-0.1, -0.05) is 18.2 Å². The van der Waals surface area contributed by atoms with Gasteiger partial charge in [0.2, 0.25) is 0 Å². The van der Waals surface area contributed by atoms with Crippen molar-refractivity contribution in [1.82, 2.24) is 0 Å². The van der Waals surface area contributed by atoms with E-state index in [2.05, 4.69) is 0 Å². The average molecular weight is 476 g/mol. The normalized spacial score (nSPS) is 24.8. The van der Waals surface area contributed by atoms with Crippen LogP contribution in [0.1, 0.15) is 11.1 Å². The first kappa shape index (κ1) is 25.5. The summed E-state index contributed by atoms with van der Waals surface area (Å²) in [4.78, 5) is 12.3. The largest absolute Gasteiger partial charge is 0.508 e. The van der Waals surface area contributed by atoms with Crippen LogP contribution in [0.4, 0.5) is 0 Å². The van der Waals surface area contributed by atoms with Gasteiger partial charge >= 0.3 is 5.97 Å². The molecule has 0 aromatic heterocycles. The highest BCUT2D eigenvalue weighted by Crippen LogP contribution is 2.27. The molecule has 2 aromatic rings. The highest BCUT2D eigenvalue weighted by Gasteiger charge is 2.46. The fourth-order valence-electron chi connectivity index (χ4n) is 3.43. The van der Waals surface area contributed by atoms with E-state index < -0.39 is 43.3 Å². The number of methoxy groups -OCH3 is 1. The quantitative estimate of drug-likeness (QED) is 0.258. The zero-order valence-corrected chi connectivity index (χ0v) is 18.5. The van der Waals surface area contributed by atoms with Gasteiger partial charge in [0.15, 0.2) is 23.9 Å². The number of phenols is 2. The van der Waals surface area contributed by atoms with Crippen LogP contribution in [0.3, 0.4) is 0 Å². The van der Waals surface area contributed by atoms with E-state index in [-0.39, 0.29) is 23.9 Å². The average Bonchev–Trinajstić information content (AvgIpc) is 2.84. The number of carbonyl (C=O) groups is 1. The maximum absolute atomic E-state index is 12.3. The number of carbonyl (C=O) groups excluding carboxylic acids is 1. The Morgan fingerprint density at radius 3 is 2.50 bits per heavy atom. The lowest BCUT2D eigenvalue weighted by Gasteiger charge is -2.41. The molecule has 1 saturated heterocycles. The SMILES string of the molecule is COc1cc(C=CC(=O)O[C@@H]2[C@@H](O)[C@@H](O)[C@H](OCCc3ccc(O)cc3)O[C@@H]2CO)ccc1O. The first-order valence-corrected chi connectivity index (χ1v) is 10.6. The summed E-state index contributed by atoms with van der Waals surface area (Å²) in [6.45, 7) is -0.445. The van der Waals surface area contributed by atoms with Crippen LogP contribution in [0.25, 0.3) is 6.08 Å². The molecule has 184 valence electrons. The van der Waals surface area contributed by atoms with Crippen LogP contribution in [0.2, 0.25) is 0 Å². The molecule has 0 unspecified atom stereocenters. The Morgan fingerprint density at radius 2 is 1.82 bits per heavy atom. The molecular formula is C24H28O10. The fraction of sp³-hybridized carbons (Fsp3) is 0.375. The highest BCUT2D eigenvalue weighted by atomic mass is 16.7. The van der Waals surface area contributed by atoms with E-state index in [1.165, 1.54) is 25.3 Å². The van der Waals surface area contributed by atoms with Crippen LogP contribution < -0.4 is 4.74 Å². The summed E-state index contributed by atoms with van der Waals surface area (Å²) >= 11 is 0. The third kappa shape index (κ3) is 6.46. The molecule has 1 aliphatic heterocycles. The lowest BCUT2D eigenvalue weighted by Crippen LogP contribution is -2.60. The van der Waals surface area contributed by atoms with E-state index in [1.54, 1.807) is 30.3 Å². The molecule has 0 bridgehead atoms. The Labute approximate surface area is 196 Å². The molecule has 10 nitrogen and oxygen atoms in total. The molecule has 34 heavy (non-hydrogen) atoms. The maximum atomic E-state index is 12.3. The Kier molecular flexibility index (Phi) is 8.85. The van der Waals surface area contributed by atoms with E-state index in [0.717, 1.165) is 11.6 Å². The third-order valence-electron chi connectivity index (χ3n) is 5.30. The van der Waals surface area contributed by atoms with Crippen molar-refractivity contribution in [3.63, 3.8) is 0 Å². The van der Waals surface area contributed by atoms with Crippen LogP contribution in [0, 0.1) is 0 Å². The predicted molar refractivity (Wildman–Crippen MR) is 119 cm³/mol. The number of hydrogen-bond acceptors (Lipinski definition) is 10. The Morgan fingerprint density at radius 1 is 1.09 bits per heavy atom. The van der Waals surface area contributed by atoms with Gasteiger partial charge < -0.3 is 44.5 Å². The molecule has 1 fully saturated rings. The molecule has 0 saturated carbocycles. The van der Waals surface area contributed by atoms with Gasteiger partial charge in [0.1, 0.15) is 24.1 Å². The van der Waals surface area contributed by atoms with E-state index in [1.807, 2.05) is 0 Å². The van der Waals surface area contributed by atoms with Crippen LogP contribution >= 0.6 is 0 Å². The van der Waals surface area contributed by atoms with E-state index in [0.29, 0.717) is 12.0 Å². The van der Waals surface area contributed by atoms with Crippen molar-refractivity contribution in [3.8, 4) is 17.2 Å². The molecule has 1 aliphatic rings. The van der Waals surface area contributed by atoms with Crippen molar-refractivity contribution in [2.45, 2.75) is 37.1 Å². The number of phenolic OH excluding ortho intramolecular Hbond substituents is 2. The van der Waals surface area contributed by atoms with Crippen molar-refractivity contribution in [2.24, 2.45) is 0 Å². The van der Waals surface area contributed by atoms with E-state index in [4.69, 9.17) is 18.9 Å². The third-order valence-corrected chi connectivity index (χ3v) is 5.30. The number of benzene rings is 2. The Balaban J connectivity index is 1.56. The zero-order chi connectivity index (χ0) is 24.7. The maximum Gasteiger partial charge on any atom is 0.331 e. The molecule has 0 radical (unpaired) electrons. The molecule has 5 N–H and O–H groups in total. The molecular weight excluding hydrogens is 448 g/mol. The first-order chi connectivity index (χ1) is 16.3. The number of aliphatic hydroxyl groups excluding tert-OH is 3. The minimum Gasteiger partial charge on any atom is -0.508 e. The molecule has 10 heteroatoms. The molecule has 5 atom stereocenters. The Bertz CT molecular complexity index is 972. The summed E-state index contributed by atoms with van der Waals surface area (Å²) in [7, 11) is 1.39. The summed E-state index contributed by atoms with van der Waals surface area (Å²) in [6, 6.07) is 11.0. The molecule has 1 heterocycles. The van der Waals surface area contributed by atoms with Gasteiger partial charge in [-0.05, 0) is 47.9 Å². The van der Waals surface area contributed by atoms with Gasteiger partial charge in [-0.15, -0.1) is 0 Å². The monoisotopic (exact) mass is 476 g/mol. The lowest BCUT2D eigenvalue weighted by atomic mass is 9.99. The van der Waals surface area contributed by atoms with Crippen molar-refractivity contribution in [1.29, 1.82) is 0 Å². The van der Waals surface area contributed by atoms with Crippen molar-refractivity contribution in [2.75, 3.05) is 20.3 Å². The molecule has 0 spiro atoms. The van der Waals surface area contributed by atoms with Gasteiger partial charge in [0.25, 0.3) is 0 Å².